The first-order valence-corrected chi connectivity index (χ1v) is 0. The average Bonchev–Trinajstić information content (AvgIpc) is 0. The number of rotatable bonds is 0. The van der Waals surface area contributed by atoms with E-state index in [4.69, 9.17) is 0 Å². The van der Waals surface area contributed by atoms with Crippen molar-refractivity contribution in [2.75, 3.05) is 0 Å². The van der Waals surface area contributed by atoms with Gasteiger partial charge in [-0.2, -0.15) is 0 Å². The predicted molar refractivity (Wildman–Crippen MR) is 41.0 cm³/mol. The Kier molecular flexibility index (Phi) is 4580. The van der Waals surface area contributed by atoms with Crippen LogP contribution in [0.25, 0.3) is 0 Å². The van der Waals surface area contributed by atoms with Crippen LogP contribution in [-0.2, 0) is 42.1 Å². The van der Waals surface area contributed by atoms with Crippen molar-refractivity contribution in [2.45, 2.75) is 0 Å². The van der Waals surface area contributed by atoms with Crippen LogP contribution in [0.2, 0.25) is 0 Å². The van der Waals surface area contributed by atoms with Gasteiger partial charge in [0.25, 0.3) is 0 Å². The summed E-state index contributed by atoms with van der Waals surface area (Å²) in [6, 6.07) is 0. The van der Waals surface area contributed by atoms with Crippen LogP contribution in [0.15, 0.2) is 0 Å². The van der Waals surface area contributed by atoms with Gasteiger partial charge in [-0.15, -0.1) is 0 Å². The van der Waals surface area contributed by atoms with Gasteiger partial charge in [-0.1, -0.05) is 0 Å². The molecule has 0 saturated heterocycles. The minimum absolute atomic E-state index is 0. The second-order valence-corrected chi connectivity index (χ2v) is 0. The van der Waals surface area contributed by atoms with Gasteiger partial charge < -0.3 is 39.0 Å². The minimum Gasteiger partial charge on any atom is 0 e. The first-order valence-electron chi connectivity index (χ1n) is 0. The Morgan fingerprint density at radius 1 is 0.455 bits per heavy atom. The van der Waals surface area contributed by atoms with E-state index in [0.29, 0.717) is 0 Å². The van der Waals surface area contributed by atoms with Crippen molar-refractivity contribution in [1.82, 2.24) is 6.15 Å². The van der Waals surface area contributed by atoms with E-state index in [1.165, 1.54) is 0 Å². The van der Waals surface area contributed by atoms with Crippen molar-refractivity contribution in [1.29, 1.82) is 0 Å². The van der Waals surface area contributed by atoms with E-state index in [9.17, 15) is 0 Å². The van der Waals surface area contributed by atoms with Gasteiger partial charge in [0.05, 0.1) is 0 Å². The molecule has 0 amide bonds. The molecule has 0 saturated carbocycles. The Balaban J connectivity index is 0. The molecule has 15 N–H and O–H groups in total. The van der Waals surface area contributed by atoms with Crippen molar-refractivity contribution in [3.63, 3.8) is 0 Å². The van der Waals surface area contributed by atoms with Gasteiger partial charge in [0.2, 0.25) is 0 Å². The molecule has 0 aromatic rings. The molecule has 0 unspecified atom stereocenters. The van der Waals surface area contributed by atoms with E-state index in [0.717, 1.165) is 0 Å². The second-order valence-electron chi connectivity index (χ2n) is 0. The van der Waals surface area contributed by atoms with Crippen LogP contribution in [0.4, 0.5) is 0 Å². The molecule has 72 valence electrons. The Morgan fingerprint density at radius 3 is 0.455 bits per heavy atom. The van der Waals surface area contributed by atoms with Crippen LogP contribution in [0.1, 0.15) is 0 Å². The van der Waals surface area contributed by atoms with E-state index in [1.54, 1.807) is 0 Å². The first-order chi connectivity index (χ1) is 0. The van der Waals surface area contributed by atoms with E-state index in [2.05, 4.69) is 0 Å². The fourth-order valence-electron chi connectivity index (χ4n) is 0. The standard InChI is InChI=1S/Mo.H3N.2Na.6H2O.W.2H/h;1H3;;;6*1H2;;;. The van der Waals surface area contributed by atoms with Crippen molar-refractivity contribution in [3.8, 4) is 0 Å². The van der Waals surface area contributed by atoms with Crippen LogP contribution < -0.4 is 6.15 Å². The summed E-state index contributed by atoms with van der Waals surface area (Å²) in [5.74, 6) is 0. The second kappa shape index (κ2) is 200. The minimum atomic E-state index is 0. The van der Waals surface area contributed by atoms with Gasteiger partial charge in [0.1, 0.15) is 0 Å². The van der Waals surface area contributed by atoms with Crippen LogP contribution in [0.5, 0.6) is 0 Å². The molecule has 0 fully saturated rings. The van der Waals surface area contributed by atoms with E-state index in [1.807, 2.05) is 0 Å². The molecule has 0 atom stereocenters. The fraction of sp³-hybridized carbons (Fsp3) is 0. The topological polar surface area (TPSA) is 224 Å². The molecule has 11 heteroatoms. The summed E-state index contributed by atoms with van der Waals surface area (Å²) in [5, 5.41) is 0. The maximum Gasteiger partial charge on any atom is 0 e. The SMILES string of the molecule is N.O.O.O.O.O.O.[Mo].[NaH].[NaH].[W]. The smallest absolute Gasteiger partial charge is 0 e. The normalized spacial score (nSPS) is 0. The van der Waals surface area contributed by atoms with Crippen LogP contribution >= 0.6 is 0 Å². The quantitative estimate of drug-likeness (QED) is 0.348. The van der Waals surface area contributed by atoms with Gasteiger partial charge in [-0.25, -0.2) is 0 Å². The molecule has 7 nitrogen and oxygen atoms in total. The Labute approximate surface area is 138 Å². The molecule has 0 radical (unpaired) electrons. The van der Waals surface area contributed by atoms with Crippen LogP contribution in [0.3, 0.4) is 0 Å². The molecule has 0 aromatic carbocycles. The van der Waals surface area contributed by atoms with E-state index >= 15 is 0 Å². The van der Waals surface area contributed by atoms with Crippen LogP contribution in [-0.4, -0.2) is 92.0 Å². The molecule has 0 heterocycles. The third kappa shape index (κ3) is 168. The molecule has 0 rings (SSSR count). The molecule has 0 bridgehead atoms. The van der Waals surface area contributed by atoms with Crippen molar-refractivity contribution >= 4 is 59.1 Å². The third-order valence-corrected chi connectivity index (χ3v) is 0. The van der Waals surface area contributed by atoms with Crippen molar-refractivity contribution < 1.29 is 75.0 Å². The Morgan fingerprint density at radius 2 is 0.455 bits per heavy atom. The van der Waals surface area contributed by atoms with Gasteiger partial charge >= 0.3 is 59.1 Å². The molecule has 0 spiro atoms. The molecule has 11 heavy (non-hydrogen) atoms. The largest absolute Gasteiger partial charge is 0 e. The van der Waals surface area contributed by atoms with Gasteiger partial charge in [0.15, 0.2) is 0 Å². The predicted octanol–water partition coefficient (Wildman–Crippen LogP) is -6.09. The van der Waals surface area contributed by atoms with Crippen molar-refractivity contribution in [3.05, 3.63) is 0 Å². The molecular weight excluding hydrogens is 436 g/mol. The molecule has 0 aliphatic rings. The summed E-state index contributed by atoms with van der Waals surface area (Å²) in [7, 11) is 0. The van der Waals surface area contributed by atoms with E-state index < -0.39 is 0 Å². The third-order valence-electron chi connectivity index (χ3n) is 0. The Hall–Kier alpha value is 3.10. The zero-order chi connectivity index (χ0) is 0. The van der Waals surface area contributed by atoms with Gasteiger partial charge in [-0.3, -0.25) is 0 Å². The number of hydrogen-bond donors (Lipinski definition) is 1. The van der Waals surface area contributed by atoms with Gasteiger partial charge in [-0.05, 0) is 0 Å². The summed E-state index contributed by atoms with van der Waals surface area (Å²) < 4.78 is 0. The molecule has 0 aliphatic heterocycles. The molecular formula is H17MoNNa2O6W. The maximum atomic E-state index is 0. The summed E-state index contributed by atoms with van der Waals surface area (Å²) in [6.07, 6.45) is 0. The zero-order valence-electron chi connectivity index (χ0n) is 4.52. The van der Waals surface area contributed by atoms with E-state index in [-0.39, 0.29) is 140 Å². The summed E-state index contributed by atoms with van der Waals surface area (Å²) in [6.45, 7) is 0. The average molecular weight is 453 g/mol. The molecule has 0 aliphatic carbocycles. The zero-order valence-corrected chi connectivity index (χ0v) is 9.46. The Bertz CT molecular complexity index is 20.5. The summed E-state index contributed by atoms with van der Waals surface area (Å²) in [4.78, 5) is 0. The summed E-state index contributed by atoms with van der Waals surface area (Å²) >= 11 is 0. The monoisotopic (exact) mass is 455 g/mol. The number of hydrogen-bond acceptors (Lipinski definition) is 1. The fourth-order valence-corrected chi connectivity index (χ4v) is 0. The maximum absolute atomic E-state index is 0. The van der Waals surface area contributed by atoms with Gasteiger partial charge in [0, 0.05) is 42.1 Å². The molecule has 0 aromatic heterocycles. The summed E-state index contributed by atoms with van der Waals surface area (Å²) in [5.41, 5.74) is 0. The first kappa shape index (κ1) is 252. The van der Waals surface area contributed by atoms with Crippen molar-refractivity contribution in [2.24, 2.45) is 0 Å². The van der Waals surface area contributed by atoms with Crippen LogP contribution in [0, 0.1) is 0 Å².